The zero-order valence-electron chi connectivity index (χ0n) is 10.6. The van der Waals surface area contributed by atoms with Gasteiger partial charge in [0.1, 0.15) is 5.60 Å². The van der Waals surface area contributed by atoms with Gasteiger partial charge in [0.25, 0.3) is 0 Å². The normalized spacial score (nSPS) is 11.8. The number of aromatic nitrogens is 1. The molecule has 0 aromatic carbocycles. The molecule has 0 saturated carbocycles. The van der Waals surface area contributed by atoms with Crippen LogP contribution in [0.4, 0.5) is 9.93 Å². The molecule has 0 radical (unpaired) electrons. The van der Waals surface area contributed by atoms with Crippen LogP contribution in [0.3, 0.4) is 0 Å². The zero-order valence-corrected chi connectivity index (χ0v) is 11.4. The lowest BCUT2D eigenvalue weighted by molar-refractivity contribution is 0.0636. The van der Waals surface area contributed by atoms with E-state index in [4.69, 9.17) is 4.74 Å². The van der Waals surface area contributed by atoms with Crippen molar-refractivity contribution in [3.8, 4) is 0 Å². The Morgan fingerprint density at radius 2 is 2.29 bits per heavy atom. The summed E-state index contributed by atoms with van der Waals surface area (Å²) in [5.41, 5.74) is 0.356. The van der Waals surface area contributed by atoms with E-state index in [1.54, 1.807) is 0 Å². The predicted octanol–water partition coefficient (Wildman–Crippen LogP) is 3.91. The summed E-state index contributed by atoms with van der Waals surface area (Å²) >= 11 is 1.38. The Kier molecular flexibility index (Phi) is 4.69. The lowest BCUT2D eigenvalue weighted by atomic mass is 10.2. The van der Waals surface area contributed by atoms with Gasteiger partial charge in [0.15, 0.2) is 5.13 Å². The number of carbonyl (C=O) groups is 1. The van der Waals surface area contributed by atoms with Crippen LogP contribution < -0.4 is 5.32 Å². The minimum absolute atomic E-state index is 0.474. The molecule has 1 aromatic heterocycles. The standard InChI is InChI=1S/C12H18N2O2S/c1-5-6-7-9-8-17-10(13-9)14-11(15)16-12(2,3)4/h6-8H,5H2,1-4H3,(H,13,14,15)/b7-6-. The number of hydrogen-bond donors (Lipinski definition) is 1. The van der Waals surface area contributed by atoms with Gasteiger partial charge in [0, 0.05) is 5.38 Å². The Hall–Kier alpha value is -1.36. The van der Waals surface area contributed by atoms with Crippen molar-refractivity contribution in [2.24, 2.45) is 0 Å². The first-order valence-electron chi connectivity index (χ1n) is 5.53. The first-order chi connectivity index (χ1) is 7.90. The van der Waals surface area contributed by atoms with Crippen molar-refractivity contribution in [2.75, 3.05) is 5.32 Å². The van der Waals surface area contributed by atoms with Crippen molar-refractivity contribution in [2.45, 2.75) is 39.7 Å². The molecular weight excluding hydrogens is 236 g/mol. The summed E-state index contributed by atoms with van der Waals surface area (Å²) in [6.45, 7) is 7.53. The van der Waals surface area contributed by atoms with Gasteiger partial charge in [-0.2, -0.15) is 0 Å². The molecule has 0 aliphatic heterocycles. The number of rotatable bonds is 3. The molecule has 17 heavy (non-hydrogen) atoms. The fourth-order valence-electron chi connectivity index (χ4n) is 1.05. The van der Waals surface area contributed by atoms with E-state index in [1.807, 2.05) is 38.3 Å². The van der Waals surface area contributed by atoms with Crippen LogP contribution in [-0.4, -0.2) is 16.7 Å². The van der Waals surface area contributed by atoms with Crippen LogP contribution in [0, 0.1) is 0 Å². The molecule has 5 heteroatoms. The van der Waals surface area contributed by atoms with Crippen molar-refractivity contribution < 1.29 is 9.53 Å². The van der Waals surface area contributed by atoms with E-state index in [1.165, 1.54) is 11.3 Å². The minimum atomic E-state index is -0.494. The predicted molar refractivity (Wildman–Crippen MR) is 71.3 cm³/mol. The van der Waals surface area contributed by atoms with Gasteiger partial charge in [-0.05, 0) is 33.3 Å². The average molecular weight is 254 g/mol. The maximum absolute atomic E-state index is 11.5. The molecule has 1 rings (SSSR count). The molecule has 1 N–H and O–H groups in total. The number of ether oxygens (including phenoxy) is 1. The van der Waals surface area contributed by atoms with Crippen LogP contribution in [0.25, 0.3) is 6.08 Å². The second-order valence-corrected chi connectivity index (χ2v) is 5.37. The Bertz CT molecular complexity index is 405. The number of thiazole rings is 1. The van der Waals surface area contributed by atoms with Crippen LogP contribution in [-0.2, 0) is 4.74 Å². The maximum Gasteiger partial charge on any atom is 0.413 e. The number of nitrogens with one attached hydrogen (secondary N) is 1. The molecule has 0 fully saturated rings. The highest BCUT2D eigenvalue weighted by atomic mass is 32.1. The van der Waals surface area contributed by atoms with E-state index in [0.717, 1.165) is 12.1 Å². The summed E-state index contributed by atoms with van der Waals surface area (Å²) in [7, 11) is 0. The Balaban J connectivity index is 2.55. The molecule has 0 aliphatic carbocycles. The fraction of sp³-hybridized carbons (Fsp3) is 0.500. The molecule has 1 heterocycles. The smallest absolute Gasteiger partial charge is 0.413 e. The summed E-state index contributed by atoms with van der Waals surface area (Å²) in [6.07, 6.45) is 4.44. The number of hydrogen-bond acceptors (Lipinski definition) is 4. The van der Waals surface area contributed by atoms with E-state index >= 15 is 0 Å². The molecule has 94 valence electrons. The molecule has 0 bridgehead atoms. The summed E-state index contributed by atoms with van der Waals surface area (Å²) in [6, 6.07) is 0. The summed E-state index contributed by atoms with van der Waals surface area (Å²) < 4.78 is 5.13. The highest BCUT2D eigenvalue weighted by Gasteiger charge is 2.16. The first kappa shape index (κ1) is 13.7. The van der Waals surface area contributed by atoms with Gasteiger partial charge in [0.2, 0.25) is 0 Å². The third-order valence-corrected chi connectivity index (χ3v) is 2.43. The molecule has 4 nitrogen and oxygen atoms in total. The van der Waals surface area contributed by atoms with Gasteiger partial charge in [-0.3, -0.25) is 5.32 Å². The van der Waals surface area contributed by atoms with Gasteiger partial charge >= 0.3 is 6.09 Å². The summed E-state index contributed by atoms with van der Waals surface area (Å²) in [4.78, 5) is 15.7. The second kappa shape index (κ2) is 5.82. The SMILES string of the molecule is CC/C=C\c1csc(NC(=O)OC(C)(C)C)n1. The van der Waals surface area contributed by atoms with Crippen LogP contribution in [0.15, 0.2) is 11.5 Å². The number of nitrogens with zero attached hydrogens (tertiary/aromatic N) is 1. The van der Waals surface area contributed by atoms with Crippen LogP contribution >= 0.6 is 11.3 Å². The Labute approximate surface area is 106 Å². The lowest BCUT2D eigenvalue weighted by Gasteiger charge is -2.18. The van der Waals surface area contributed by atoms with E-state index < -0.39 is 11.7 Å². The molecule has 1 amide bonds. The maximum atomic E-state index is 11.5. The number of amides is 1. The van der Waals surface area contributed by atoms with Crippen molar-refractivity contribution in [1.82, 2.24) is 4.98 Å². The summed E-state index contributed by atoms with van der Waals surface area (Å²) in [5.74, 6) is 0. The molecule has 1 aromatic rings. The van der Waals surface area contributed by atoms with Gasteiger partial charge in [-0.25, -0.2) is 9.78 Å². The van der Waals surface area contributed by atoms with Gasteiger partial charge in [-0.15, -0.1) is 11.3 Å². The molecule has 0 aliphatic rings. The zero-order chi connectivity index (χ0) is 12.9. The van der Waals surface area contributed by atoms with E-state index in [-0.39, 0.29) is 0 Å². The fourth-order valence-corrected chi connectivity index (χ4v) is 1.71. The highest BCUT2D eigenvalue weighted by molar-refractivity contribution is 7.14. The van der Waals surface area contributed by atoms with Crippen LogP contribution in [0.2, 0.25) is 0 Å². The largest absolute Gasteiger partial charge is 0.444 e. The van der Waals surface area contributed by atoms with Crippen molar-refractivity contribution in [1.29, 1.82) is 0 Å². The van der Waals surface area contributed by atoms with E-state index in [0.29, 0.717) is 5.13 Å². The molecule has 0 atom stereocenters. The summed E-state index contributed by atoms with van der Waals surface area (Å²) in [5, 5.41) is 5.05. The molecule has 0 saturated heterocycles. The molecular formula is C12H18N2O2S. The third-order valence-electron chi connectivity index (χ3n) is 1.65. The van der Waals surface area contributed by atoms with E-state index in [9.17, 15) is 4.79 Å². The Morgan fingerprint density at radius 3 is 2.88 bits per heavy atom. The van der Waals surface area contributed by atoms with Crippen molar-refractivity contribution in [3.63, 3.8) is 0 Å². The van der Waals surface area contributed by atoms with Crippen molar-refractivity contribution >= 4 is 28.6 Å². The molecule has 0 unspecified atom stereocenters. The van der Waals surface area contributed by atoms with Gasteiger partial charge < -0.3 is 4.74 Å². The monoisotopic (exact) mass is 254 g/mol. The average Bonchev–Trinajstić information content (AvgIpc) is 2.59. The van der Waals surface area contributed by atoms with Gasteiger partial charge in [0.05, 0.1) is 5.69 Å². The van der Waals surface area contributed by atoms with Crippen LogP contribution in [0.5, 0.6) is 0 Å². The Morgan fingerprint density at radius 1 is 1.59 bits per heavy atom. The lowest BCUT2D eigenvalue weighted by Crippen LogP contribution is -2.27. The highest BCUT2D eigenvalue weighted by Crippen LogP contribution is 2.18. The quantitative estimate of drug-likeness (QED) is 0.889. The topological polar surface area (TPSA) is 51.2 Å². The number of anilines is 1. The minimum Gasteiger partial charge on any atom is -0.444 e. The third kappa shape index (κ3) is 5.49. The van der Waals surface area contributed by atoms with Crippen molar-refractivity contribution in [3.05, 3.63) is 17.2 Å². The number of allylic oxidation sites excluding steroid dienone is 1. The number of carbonyl (C=O) groups excluding carboxylic acids is 1. The second-order valence-electron chi connectivity index (χ2n) is 4.52. The molecule has 0 spiro atoms. The van der Waals surface area contributed by atoms with E-state index in [2.05, 4.69) is 17.2 Å². The first-order valence-corrected chi connectivity index (χ1v) is 6.41. The van der Waals surface area contributed by atoms with Crippen LogP contribution in [0.1, 0.15) is 39.8 Å². The van der Waals surface area contributed by atoms with Gasteiger partial charge in [-0.1, -0.05) is 13.0 Å².